The van der Waals surface area contributed by atoms with Gasteiger partial charge in [-0.2, -0.15) is 0 Å². The Morgan fingerprint density at radius 1 is 1.75 bits per heavy atom. The van der Waals surface area contributed by atoms with Crippen molar-refractivity contribution in [3.63, 3.8) is 0 Å². The van der Waals surface area contributed by atoms with Gasteiger partial charge in [0.1, 0.15) is 23.2 Å². The van der Waals surface area contributed by atoms with E-state index < -0.39 is 11.9 Å². The molecule has 0 unspecified atom stereocenters. The summed E-state index contributed by atoms with van der Waals surface area (Å²) in [5.41, 5.74) is 10.3. The summed E-state index contributed by atoms with van der Waals surface area (Å²) in [5.74, 6) is -0.806. The zero-order valence-corrected chi connectivity index (χ0v) is 6.74. The van der Waals surface area contributed by atoms with Gasteiger partial charge < -0.3 is 16.6 Å². The Labute approximate surface area is 69.8 Å². The van der Waals surface area contributed by atoms with Gasteiger partial charge in [-0.1, -0.05) is 6.92 Å². The monoisotopic (exact) mass is 169 g/mol. The number of nitrogens with two attached hydrogens (primary N) is 2. The maximum atomic E-state index is 10.7. The molecular weight excluding hydrogens is 158 g/mol. The van der Waals surface area contributed by atoms with E-state index in [1.807, 2.05) is 6.92 Å². The summed E-state index contributed by atoms with van der Waals surface area (Å²) in [5, 5.41) is 9.37. The number of amides is 1. The highest BCUT2D eigenvalue weighted by atomic mass is 16.3. The summed E-state index contributed by atoms with van der Waals surface area (Å²) >= 11 is 0. The van der Waals surface area contributed by atoms with E-state index in [-0.39, 0.29) is 17.2 Å². The minimum atomic E-state index is -0.732. The molecule has 66 valence electrons. The van der Waals surface area contributed by atoms with Gasteiger partial charge in [-0.15, -0.1) is 0 Å². The molecule has 1 atom stereocenters. The number of primary amides is 1. The molecule has 1 amide bonds. The zero-order chi connectivity index (χ0) is 9.30. The molecule has 5 nitrogen and oxygen atoms in total. The van der Waals surface area contributed by atoms with Crippen LogP contribution in [0.15, 0.2) is 16.3 Å². The van der Waals surface area contributed by atoms with Gasteiger partial charge >= 0.3 is 0 Å². The molecule has 0 fully saturated rings. The van der Waals surface area contributed by atoms with Crippen LogP contribution in [0.2, 0.25) is 0 Å². The van der Waals surface area contributed by atoms with Crippen LogP contribution in [0.25, 0.3) is 0 Å². The van der Waals surface area contributed by atoms with Crippen LogP contribution in [0.3, 0.4) is 0 Å². The average molecular weight is 169 g/mol. The first-order valence-corrected chi connectivity index (χ1v) is 3.64. The van der Waals surface area contributed by atoms with Crippen LogP contribution in [-0.2, 0) is 4.79 Å². The first kappa shape index (κ1) is 8.58. The summed E-state index contributed by atoms with van der Waals surface area (Å²) in [6.07, 6.45) is 0.601. The maximum absolute atomic E-state index is 10.7. The number of rotatable bonds is 2. The summed E-state index contributed by atoms with van der Waals surface area (Å²) in [6.45, 7) is 1.83. The summed E-state index contributed by atoms with van der Waals surface area (Å²) in [6, 6.07) is -0.396. The Hall–Kier alpha value is -1.52. The van der Waals surface area contributed by atoms with Gasteiger partial charge in [-0.25, -0.2) is 0 Å². The predicted octanol–water partition coefficient (Wildman–Crippen LogP) is -0.567. The number of hydrogen-bond donors (Lipinski definition) is 3. The quantitative estimate of drug-likeness (QED) is 0.516. The Kier molecular flexibility index (Phi) is 2.03. The number of hydrogen-bond acceptors (Lipinski definition) is 4. The Morgan fingerprint density at radius 3 is 2.58 bits per heavy atom. The van der Waals surface area contributed by atoms with Gasteiger partial charge in [0.2, 0.25) is 0 Å². The first-order chi connectivity index (χ1) is 5.57. The lowest BCUT2D eigenvalue weighted by Crippen LogP contribution is -2.25. The molecule has 5 heteroatoms. The number of nitrogens with zero attached hydrogens (tertiary/aromatic N) is 1. The van der Waals surface area contributed by atoms with Crippen molar-refractivity contribution in [3.8, 4) is 0 Å². The first-order valence-electron chi connectivity index (χ1n) is 3.64. The minimum Gasteiger partial charge on any atom is -0.509 e. The molecule has 12 heavy (non-hydrogen) atoms. The van der Waals surface area contributed by atoms with Crippen molar-refractivity contribution in [2.24, 2.45) is 16.5 Å². The SMILES string of the molecule is CC[C@@H]1N=C(N)C(C(N)=O)=C1O. The highest BCUT2D eigenvalue weighted by Crippen LogP contribution is 2.19. The molecule has 0 saturated heterocycles. The second kappa shape index (κ2) is 2.84. The largest absolute Gasteiger partial charge is 0.509 e. The highest BCUT2D eigenvalue weighted by Gasteiger charge is 2.28. The lowest BCUT2D eigenvalue weighted by molar-refractivity contribution is -0.114. The molecule has 0 radical (unpaired) electrons. The number of carbonyl (C=O) groups is 1. The molecule has 0 saturated carbocycles. The molecule has 0 aromatic heterocycles. The second-order valence-corrected chi connectivity index (χ2v) is 2.56. The van der Waals surface area contributed by atoms with E-state index in [0.29, 0.717) is 6.42 Å². The predicted molar refractivity (Wildman–Crippen MR) is 44.6 cm³/mol. The van der Waals surface area contributed by atoms with Crippen LogP contribution < -0.4 is 11.5 Å². The van der Waals surface area contributed by atoms with Crippen molar-refractivity contribution in [2.45, 2.75) is 19.4 Å². The molecule has 1 heterocycles. The van der Waals surface area contributed by atoms with Crippen molar-refractivity contribution in [2.75, 3.05) is 0 Å². The van der Waals surface area contributed by atoms with Crippen molar-refractivity contribution < 1.29 is 9.90 Å². The van der Waals surface area contributed by atoms with Gasteiger partial charge in [0.05, 0.1) is 0 Å². The Morgan fingerprint density at radius 2 is 2.33 bits per heavy atom. The minimum absolute atomic E-state index is 0.0341. The van der Waals surface area contributed by atoms with E-state index in [1.54, 1.807) is 0 Å². The summed E-state index contributed by atoms with van der Waals surface area (Å²) < 4.78 is 0. The number of carbonyl (C=O) groups excluding carboxylic acids is 1. The van der Waals surface area contributed by atoms with Gasteiger partial charge in [0.25, 0.3) is 5.91 Å². The smallest absolute Gasteiger partial charge is 0.255 e. The van der Waals surface area contributed by atoms with Crippen LogP contribution >= 0.6 is 0 Å². The molecular formula is C7H11N3O2. The van der Waals surface area contributed by atoms with Crippen molar-refractivity contribution in [3.05, 3.63) is 11.3 Å². The van der Waals surface area contributed by atoms with Gasteiger partial charge in [0, 0.05) is 0 Å². The van der Waals surface area contributed by atoms with Crippen LogP contribution in [0.1, 0.15) is 13.3 Å². The van der Waals surface area contributed by atoms with Crippen molar-refractivity contribution >= 4 is 11.7 Å². The number of amidine groups is 1. The fourth-order valence-corrected chi connectivity index (χ4v) is 1.13. The summed E-state index contributed by atoms with van der Waals surface area (Å²) in [4.78, 5) is 14.6. The van der Waals surface area contributed by atoms with Crippen LogP contribution in [0.5, 0.6) is 0 Å². The van der Waals surface area contributed by atoms with Gasteiger partial charge in [0.15, 0.2) is 0 Å². The van der Waals surface area contributed by atoms with Crippen molar-refractivity contribution in [1.82, 2.24) is 0 Å². The van der Waals surface area contributed by atoms with Crippen LogP contribution in [0.4, 0.5) is 0 Å². The van der Waals surface area contributed by atoms with Gasteiger partial charge in [-0.3, -0.25) is 9.79 Å². The van der Waals surface area contributed by atoms with E-state index in [0.717, 1.165) is 0 Å². The number of aliphatic imine (C=N–C) groups is 1. The lowest BCUT2D eigenvalue weighted by atomic mass is 10.1. The average Bonchev–Trinajstić information content (AvgIpc) is 2.25. The molecule has 1 aliphatic heterocycles. The fraction of sp³-hybridized carbons (Fsp3) is 0.429. The zero-order valence-electron chi connectivity index (χ0n) is 6.74. The standard InChI is InChI=1S/C7H11N3O2/c1-2-3-5(11)4(7(9)12)6(8)10-3/h3,11H,2H2,1H3,(H2,8,10)(H2,9,12)/t3-/m0/s1. The third-order valence-corrected chi connectivity index (χ3v) is 1.76. The maximum Gasteiger partial charge on any atom is 0.255 e. The Balaban J connectivity index is 3.05. The van der Waals surface area contributed by atoms with Crippen LogP contribution in [-0.4, -0.2) is 22.9 Å². The van der Waals surface area contributed by atoms with E-state index in [9.17, 15) is 9.90 Å². The van der Waals surface area contributed by atoms with E-state index in [1.165, 1.54) is 0 Å². The van der Waals surface area contributed by atoms with E-state index >= 15 is 0 Å². The molecule has 1 rings (SSSR count). The molecule has 5 N–H and O–H groups in total. The third-order valence-electron chi connectivity index (χ3n) is 1.76. The third kappa shape index (κ3) is 1.13. The molecule has 0 aliphatic carbocycles. The second-order valence-electron chi connectivity index (χ2n) is 2.56. The lowest BCUT2D eigenvalue weighted by Gasteiger charge is -2.02. The van der Waals surface area contributed by atoms with Crippen molar-refractivity contribution in [1.29, 1.82) is 0 Å². The fourth-order valence-electron chi connectivity index (χ4n) is 1.13. The van der Waals surface area contributed by atoms with E-state index in [2.05, 4.69) is 4.99 Å². The molecule has 0 aromatic carbocycles. The number of aliphatic hydroxyl groups is 1. The molecule has 0 spiro atoms. The Bertz CT molecular complexity index is 280. The number of aliphatic hydroxyl groups excluding tert-OH is 1. The van der Waals surface area contributed by atoms with E-state index in [4.69, 9.17) is 11.5 Å². The normalized spacial score (nSPS) is 22.8. The molecule has 0 aromatic rings. The van der Waals surface area contributed by atoms with Gasteiger partial charge in [-0.05, 0) is 6.42 Å². The molecule has 1 aliphatic rings. The van der Waals surface area contributed by atoms with Crippen LogP contribution in [0, 0.1) is 0 Å². The topological polar surface area (TPSA) is 102 Å². The highest BCUT2D eigenvalue weighted by molar-refractivity contribution is 6.21. The summed E-state index contributed by atoms with van der Waals surface area (Å²) in [7, 11) is 0. The molecule has 0 bridgehead atoms.